The van der Waals surface area contributed by atoms with Crippen LogP contribution in [0.15, 0.2) is 30.3 Å². The zero-order chi connectivity index (χ0) is 7.40. The number of halogens is 1. The van der Waals surface area contributed by atoms with Crippen LogP contribution in [0.4, 0.5) is 0 Å². The van der Waals surface area contributed by atoms with E-state index in [1.54, 1.807) is 0 Å². The summed E-state index contributed by atoms with van der Waals surface area (Å²) in [6, 6.07) is 9.84. The van der Waals surface area contributed by atoms with Crippen LogP contribution < -0.4 is 0 Å². The molecule has 0 N–H and O–H groups in total. The molecule has 0 aliphatic heterocycles. The van der Waals surface area contributed by atoms with E-state index in [0.29, 0.717) is 5.88 Å². The van der Waals surface area contributed by atoms with Crippen LogP contribution in [0.25, 0.3) is 0 Å². The van der Waals surface area contributed by atoms with Crippen LogP contribution >= 0.6 is 11.6 Å². The van der Waals surface area contributed by atoms with Crippen molar-refractivity contribution >= 4 is 19.4 Å². The number of hydrogen-bond acceptors (Lipinski definition) is 0. The van der Waals surface area contributed by atoms with Crippen LogP contribution in [0.2, 0.25) is 0 Å². The van der Waals surface area contributed by atoms with E-state index in [4.69, 9.17) is 19.4 Å². The molecule has 10 heavy (non-hydrogen) atoms. The standard InChI is InChI=1S/C8H8BCl/c9-8(6-10)7-4-2-1-3-5-7/h1-5,8H,6H2. The van der Waals surface area contributed by atoms with Gasteiger partial charge < -0.3 is 0 Å². The van der Waals surface area contributed by atoms with Gasteiger partial charge in [-0.1, -0.05) is 35.9 Å². The van der Waals surface area contributed by atoms with Gasteiger partial charge in [-0.15, -0.1) is 11.6 Å². The Morgan fingerprint density at radius 1 is 1.30 bits per heavy atom. The van der Waals surface area contributed by atoms with Crippen molar-refractivity contribution in [3.8, 4) is 0 Å². The Morgan fingerprint density at radius 2 is 1.90 bits per heavy atom. The number of benzene rings is 1. The van der Waals surface area contributed by atoms with Gasteiger partial charge in [-0.05, 0) is 5.82 Å². The summed E-state index contributed by atoms with van der Waals surface area (Å²) < 4.78 is 0. The summed E-state index contributed by atoms with van der Waals surface area (Å²) in [7, 11) is 5.66. The fraction of sp³-hybridized carbons (Fsp3) is 0.250. The van der Waals surface area contributed by atoms with E-state index in [1.165, 1.54) is 0 Å². The van der Waals surface area contributed by atoms with Crippen molar-refractivity contribution in [3.05, 3.63) is 35.9 Å². The Hall–Kier alpha value is -0.425. The second-order valence-electron chi connectivity index (χ2n) is 2.17. The van der Waals surface area contributed by atoms with E-state index in [9.17, 15) is 0 Å². The molecule has 0 amide bonds. The highest BCUT2D eigenvalue weighted by molar-refractivity contribution is 6.24. The normalized spacial score (nSPS) is 12.9. The molecular formula is C8H8BCl. The molecule has 0 saturated heterocycles. The van der Waals surface area contributed by atoms with Gasteiger partial charge in [-0.2, -0.15) is 0 Å². The average Bonchev–Trinajstić information content (AvgIpc) is 2.05. The Bertz CT molecular complexity index is 186. The van der Waals surface area contributed by atoms with Crippen molar-refractivity contribution in [2.75, 3.05) is 5.88 Å². The van der Waals surface area contributed by atoms with Gasteiger partial charge in [0.1, 0.15) is 0 Å². The lowest BCUT2D eigenvalue weighted by Crippen LogP contribution is -1.98. The van der Waals surface area contributed by atoms with Crippen molar-refractivity contribution < 1.29 is 0 Å². The van der Waals surface area contributed by atoms with Gasteiger partial charge in [0.15, 0.2) is 0 Å². The van der Waals surface area contributed by atoms with Crippen molar-refractivity contribution in [2.45, 2.75) is 5.82 Å². The maximum Gasteiger partial charge on any atom is 0.0779 e. The van der Waals surface area contributed by atoms with Crippen molar-refractivity contribution in [1.82, 2.24) is 0 Å². The first kappa shape index (κ1) is 7.68. The molecule has 0 bridgehead atoms. The molecule has 1 atom stereocenters. The van der Waals surface area contributed by atoms with Crippen LogP contribution in [0, 0.1) is 0 Å². The van der Waals surface area contributed by atoms with E-state index < -0.39 is 0 Å². The third kappa shape index (κ3) is 1.78. The molecule has 1 aromatic carbocycles. The zero-order valence-electron chi connectivity index (χ0n) is 5.63. The minimum absolute atomic E-state index is 0.0251. The molecular weight excluding hydrogens is 142 g/mol. The molecule has 0 aromatic heterocycles. The number of alkyl halides is 1. The summed E-state index contributed by atoms with van der Waals surface area (Å²) >= 11 is 5.56. The lowest BCUT2D eigenvalue weighted by Gasteiger charge is -2.05. The minimum Gasteiger partial charge on any atom is -0.127 e. The van der Waals surface area contributed by atoms with Gasteiger partial charge in [0.2, 0.25) is 0 Å². The fourth-order valence-corrected chi connectivity index (χ4v) is 0.967. The van der Waals surface area contributed by atoms with Gasteiger partial charge in [0, 0.05) is 5.88 Å². The molecule has 0 fully saturated rings. The predicted octanol–water partition coefficient (Wildman–Crippen LogP) is 2.13. The summed E-state index contributed by atoms with van der Waals surface area (Å²) in [4.78, 5) is 0. The third-order valence-corrected chi connectivity index (χ3v) is 1.73. The maximum atomic E-state index is 5.66. The highest BCUT2D eigenvalue weighted by Crippen LogP contribution is 2.11. The largest absolute Gasteiger partial charge is 0.127 e. The van der Waals surface area contributed by atoms with Gasteiger partial charge in [0.25, 0.3) is 0 Å². The maximum absolute atomic E-state index is 5.66. The first-order valence-electron chi connectivity index (χ1n) is 3.21. The van der Waals surface area contributed by atoms with Gasteiger partial charge >= 0.3 is 0 Å². The Kier molecular flexibility index (Phi) is 2.82. The average molecular weight is 150 g/mol. The molecule has 50 valence electrons. The second kappa shape index (κ2) is 3.67. The monoisotopic (exact) mass is 150 g/mol. The quantitative estimate of drug-likeness (QED) is 0.448. The third-order valence-electron chi connectivity index (χ3n) is 1.39. The van der Waals surface area contributed by atoms with E-state index in [-0.39, 0.29) is 5.82 Å². The summed E-state index contributed by atoms with van der Waals surface area (Å²) in [5, 5.41) is 0. The summed E-state index contributed by atoms with van der Waals surface area (Å²) in [5.74, 6) is 0.451. The Morgan fingerprint density at radius 3 is 2.40 bits per heavy atom. The lowest BCUT2D eigenvalue weighted by atomic mass is 9.83. The van der Waals surface area contributed by atoms with Crippen molar-refractivity contribution in [1.29, 1.82) is 0 Å². The van der Waals surface area contributed by atoms with E-state index in [0.717, 1.165) is 5.56 Å². The molecule has 0 aliphatic rings. The molecule has 1 rings (SSSR count). The van der Waals surface area contributed by atoms with Crippen LogP contribution in [0.3, 0.4) is 0 Å². The molecule has 1 unspecified atom stereocenters. The van der Waals surface area contributed by atoms with Crippen molar-refractivity contribution in [2.24, 2.45) is 0 Å². The summed E-state index contributed by atoms with van der Waals surface area (Å²) in [6.45, 7) is 0. The SMILES string of the molecule is [B]C(CCl)c1ccccc1. The van der Waals surface area contributed by atoms with Crippen LogP contribution in [0.5, 0.6) is 0 Å². The molecule has 0 spiro atoms. The topological polar surface area (TPSA) is 0 Å². The Balaban J connectivity index is 2.75. The minimum atomic E-state index is -0.0251. The summed E-state index contributed by atoms with van der Waals surface area (Å²) in [5.41, 5.74) is 1.09. The lowest BCUT2D eigenvalue weighted by molar-refractivity contribution is 1.09. The van der Waals surface area contributed by atoms with Crippen LogP contribution in [-0.4, -0.2) is 13.7 Å². The highest BCUT2D eigenvalue weighted by Gasteiger charge is 1.99. The number of hydrogen-bond donors (Lipinski definition) is 0. The molecule has 2 heteroatoms. The fourth-order valence-electron chi connectivity index (χ4n) is 0.789. The zero-order valence-corrected chi connectivity index (χ0v) is 6.38. The first-order chi connectivity index (χ1) is 4.84. The van der Waals surface area contributed by atoms with Crippen LogP contribution in [-0.2, 0) is 0 Å². The predicted molar refractivity (Wildman–Crippen MR) is 45.7 cm³/mol. The van der Waals surface area contributed by atoms with Gasteiger partial charge in [-0.25, -0.2) is 0 Å². The van der Waals surface area contributed by atoms with Gasteiger partial charge in [0.05, 0.1) is 7.85 Å². The molecule has 0 heterocycles. The van der Waals surface area contributed by atoms with E-state index >= 15 is 0 Å². The molecule has 0 nitrogen and oxygen atoms in total. The van der Waals surface area contributed by atoms with Gasteiger partial charge in [-0.3, -0.25) is 0 Å². The molecule has 1 aromatic rings. The summed E-state index contributed by atoms with van der Waals surface area (Å²) in [6.07, 6.45) is 0. The first-order valence-corrected chi connectivity index (χ1v) is 3.74. The van der Waals surface area contributed by atoms with E-state index in [2.05, 4.69) is 0 Å². The molecule has 0 saturated carbocycles. The Labute approximate surface area is 67.6 Å². The second-order valence-corrected chi connectivity index (χ2v) is 2.48. The van der Waals surface area contributed by atoms with E-state index in [1.807, 2.05) is 30.3 Å². The van der Waals surface area contributed by atoms with Crippen molar-refractivity contribution in [3.63, 3.8) is 0 Å². The van der Waals surface area contributed by atoms with Crippen LogP contribution in [0.1, 0.15) is 11.4 Å². The smallest absolute Gasteiger partial charge is 0.0779 e. The molecule has 0 aliphatic carbocycles. The highest BCUT2D eigenvalue weighted by atomic mass is 35.5. The number of rotatable bonds is 2. The molecule has 2 radical (unpaired) electrons.